The Balaban J connectivity index is 2.21. The molecule has 0 aliphatic carbocycles. The second-order valence-electron chi connectivity index (χ2n) is 3.79. The number of aromatic nitrogens is 1. The summed E-state index contributed by atoms with van der Waals surface area (Å²) in [6.07, 6.45) is -4.85. The lowest BCUT2D eigenvalue weighted by Gasteiger charge is -2.12. The van der Waals surface area contributed by atoms with Crippen LogP contribution in [0.3, 0.4) is 0 Å². The summed E-state index contributed by atoms with van der Waals surface area (Å²) in [6, 6.07) is 5.13. The lowest BCUT2D eigenvalue weighted by molar-refractivity contribution is -0.274. The highest BCUT2D eigenvalue weighted by molar-refractivity contribution is 7.13. The van der Waals surface area contributed by atoms with Crippen LogP contribution >= 0.6 is 11.3 Å². The van der Waals surface area contributed by atoms with E-state index in [0.29, 0.717) is 10.8 Å². The molecular weight excluding hydrogens is 293 g/mol. The molecule has 0 radical (unpaired) electrons. The van der Waals surface area contributed by atoms with Crippen LogP contribution in [0.15, 0.2) is 29.6 Å². The largest absolute Gasteiger partial charge is 0.573 e. The van der Waals surface area contributed by atoms with E-state index in [1.807, 2.05) is 0 Å². The van der Waals surface area contributed by atoms with Gasteiger partial charge in [0.05, 0.1) is 11.3 Å². The van der Waals surface area contributed by atoms with Gasteiger partial charge in [-0.2, -0.15) is 0 Å². The highest BCUT2D eigenvalue weighted by atomic mass is 32.1. The van der Waals surface area contributed by atoms with Crippen LogP contribution < -0.4 is 10.1 Å². The molecule has 0 aliphatic heterocycles. The predicted octanol–water partition coefficient (Wildman–Crippen LogP) is 3.60. The monoisotopic (exact) mass is 302 g/mol. The maximum atomic E-state index is 12.3. The minimum Gasteiger partial charge on any atom is -0.405 e. The molecule has 0 bridgehead atoms. The summed E-state index contributed by atoms with van der Waals surface area (Å²) in [6.45, 7) is 1.74. The molecule has 2 aromatic rings. The fourth-order valence-electron chi connectivity index (χ4n) is 1.44. The molecule has 4 nitrogen and oxygen atoms in total. The van der Waals surface area contributed by atoms with Crippen molar-refractivity contribution in [2.75, 3.05) is 5.32 Å². The van der Waals surface area contributed by atoms with E-state index >= 15 is 0 Å². The number of rotatable bonds is 3. The lowest BCUT2D eigenvalue weighted by atomic mass is 10.2. The van der Waals surface area contributed by atoms with Gasteiger partial charge in [0.2, 0.25) is 0 Å². The highest BCUT2D eigenvalue weighted by Gasteiger charge is 2.32. The fraction of sp³-hybridized carbons (Fsp3) is 0.167. The topological polar surface area (TPSA) is 51.2 Å². The molecule has 1 N–H and O–H groups in total. The highest BCUT2D eigenvalue weighted by Crippen LogP contribution is 2.27. The number of nitrogens with one attached hydrogen (secondary N) is 1. The van der Waals surface area contributed by atoms with Crippen LogP contribution in [0.4, 0.5) is 18.3 Å². The van der Waals surface area contributed by atoms with E-state index in [0.717, 1.165) is 6.07 Å². The summed E-state index contributed by atoms with van der Waals surface area (Å²) in [5.41, 5.74) is 0.503. The number of benzene rings is 1. The average Bonchev–Trinajstić information content (AvgIpc) is 2.73. The summed E-state index contributed by atoms with van der Waals surface area (Å²) in [5, 5.41) is 4.46. The minimum absolute atomic E-state index is 0.210. The quantitative estimate of drug-likeness (QED) is 0.942. The normalized spacial score (nSPS) is 11.2. The molecule has 0 spiro atoms. The fourth-order valence-corrected chi connectivity index (χ4v) is 2.13. The molecule has 0 saturated heterocycles. The predicted molar refractivity (Wildman–Crippen MR) is 67.9 cm³/mol. The zero-order chi connectivity index (χ0) is 14.8. The zero-order valence-electron chi connectivity index (χ0n) is 10.2. The van der Waals surface area contributed by atoms with Gasteiger partial charge in [-0.3, -0.25) is 10.1 Å². The Morgan fingerprint density at radius 3 is 2.65 bits per heavy atom. The number of anilines is 1. The van der Waals surface area contributed by atoms with Gasteiger partial charge in [-0.05, 0) is 19.1 Å². The van der Waals surface area contributed by atoms with Crippen molar-refractivity contribution in [1.82, 2.24) is 4.98 Å². The zero-order valence-corrected chi connectivity index (χ0v) is 11.0. The van der Waals surface area contributed by atoms with E-state index in [2.05, 4.69) is 15.0 Å². The van der Waals surface area contributed by atoms with Gasteiger partial charge in [0, 0.05) is 5.38 Å². The first-order valence-corrected chi connectivity index (χ1v) is 6.31. The Morgan fingerprint density at radius 1 is 1.35 bits per heavy atom. The first-order chi connectivity index (χ1) is 9.35. The van der Waals surface area contributed by atoms with Crippen LogP contribution in [-0.4, -0.2) is 17.3 Å². The summed E-state index contributed by atoms with van der Waals surface area (Å²) in [4.78, 5) is 15.9. The third-order valence-electron chi connectivity index (χ3n) is 2.20. The average molecular weight is 302 g/mol. The first kappa shape index (κ1) is 14.3. The summed E-state index contributed by atoms with van der Waals surface area (Å²) >= 11 is 1.19. The van der Waals surface area contributed by atoms with Crippen molar-refractivity contribution in [2.45, 2.75) is 13.3 Å². The Morgan fingerprint density at radius 2 is 2.05 bits per heavy atom. The van der Waals surface area contributed by atoms with Gasteiger partial charge in [-0.15, -0.1) is 24.5 Å². The van der Waals surface area contributed by atoms with Gasteiger partial charge in [0.25, 0.3) is 5.91 Å². The molecular formula is C12H9F3N2O2S. The molecule has 1 amide bonds. The molecule has 106 valence electrons. The van der Waals surface area contributed by atoms with E-state index in [4.69, 9.17) is 0 Å². The van der Waals surface area contributed by atoms with Crippen molar-refractivity contribution in [3.8, 4) is 5.75 Å². The number of aryl methyl sites for hydroxylation is 1. The third kappa shape index (κ3) is 3.70. The molecule has 0 unspecified atom stereocenters. The van der Waals surface area contributed by atoms with Crippen LogP contribution in [0.25, 0.3) is 0 Å². The molecule has 0 aliphatic rings. The number of halogens is 3. The van der Waals surface area contributed by atoms with Gasteiger partial charge in [0.15, 0.2) is 5.13 Å². The van der Waals surface area contributed by atoms with Gasteiger partial charge in [0.1, 0.15) is 5.75 Å². The van der Waals surface area contributed by atoms with Crippen molar-refractivity contribution in [3.05, 3.63) is 40.9 Å². The number of alkyl halides is 3. The van der Waals surface area contributed by atoms with Crippen molar-refractivity contribution in [1.29, 1.82) is 0 Å². The van der Waals surface area contributed by atoms with Gasteiger partial charge in [-0.25, -0.2) is 4.98 Å². The third-order valence-corrected chi connectivity index (χ3v) is 3.07. The van der Waals surface area contributed by atoms with E-state index in [1.165, 1.54) is 29.5 Å². The molecule has 0 atom stereocenters. The standard InChI is InChI=1S/C12H9F3N2O2S/c1-7-6-20-11(16-7)17-10(18)8-4-2-3-5-9(8)19-12(13,14)15/h2-6H,1H3,(H,16,17,18). The number of carbonyl (C=O) groups excluding carboxylic acids is 1. The Labute approximate surface area is 116 Å². The molecule has 1 aromatic heterocycles. The maximum Gasteiger partial charge on any atom is 0.573 e. The van der Waals surface area contributed by atoms with Crippen LogP contribution in [0, 0.1) is 6.92 Å². The number of amides is 1. The number of ether oxygens (including phenoxy) is 1. The molecule has 2 rings (SSSR count). The Kier molecular flexibility index (Phi) is 3.93. The van der Waals surface area contributed by atoms with Crippen LogP contribution in [0.2, 0.25) is 0 Å². The smallest absolute Gasteiger partial charge is 0.405 e. The summed E-state index contributed by atoms with van der Waals surface area (Å²) in [7, 11) is 0. The second kappa shape index (κ2) is 5.49. The van der Waals surface area contributed by atoms with Crippen LogP contribution in [-0.2, 0) is 0 Å². The summed E-state index contributed by atoms with van der Waals surface area (Å²) < 4.78 is 40.6. The first-order valence-electron chi connectivity index (χ1n) is 5.43. The van der Waals surface area contributed by atoms with E-state index in [9.17, 15) is 18.0 Å². The van der Waals surface area contributed by atoms with E-state index < -0.39 is 18.0 Å². The van der Waals surface area contributed by atoms with Gasteiger partial charge in [-0.1, -0.05) is 12.1 Å². The number of nitrogens with zero attached hydrogens (tertiary/aromatic N) is 1. The number of thiazole rings is 1. The number of para-hydroxylation sites is 1. The SMILES string of the molecule is Cc1csc(NC(=O)c2ccccc2OC(F)(F)F)n1. The summed E-state index contributed by atoms with van der Waals surface area (Å²) in [5.74, 6) is -1.26. The maximum absolute atomic E-state index is 12.3. The number of hydrogen-bond donors (Lipinski definition) is 1. The molecule has 0 saturated carbocycles. The van der Waals surface area contributed by atoms with Gasteiger partial charge >= 0.3 is 6.36 Å². The van der Waals surface area contributed by atoms with E-state index in [-0.39, 0.29) is 5.56 Å². The second-order valence-corrected chi connectivity index (χ2v) is 4.65. The van der Waals surface area contributed by atoms with Crippen molar-refractivity contribution < 1.29 is 22.7 Å². The molecule has 1 aromatic carbocycles. The Hall–Kier alpha value is -2.09. The Bertz CT molecular complexity index is 625. The van der Waals surface area contributed by atoms with E-state index in [1.54, 1.807) is 12.3 Å². The molecule has 8 heteroatoms. The number of hydrogen-bond acceptors (Lipinski definition) is 4. The van der Waals surface area contributed by atoms with Crippen molar-refractivity contribution in [3.63, 3.8) is 0 Å². The van der Waals surface area contributed by atoms with Crippen LogP contribution in [0.1, 0.15) is 16.1 Å². The molecule has 0 fully saturated rings. The van der Waals surface area contributed by atoms with Crippen LogP contribution in [0.5, 0.6) is 5.75 Å². The lowest BCUT2D eigenvalue weighted by Crippen LogP contribution is -2.20. The van der Waals surface area contributed by atoms with Gasteiger partial charge < -0.3 is 4.74 Å². The molecule has 20 heavy (non-hydrogen) atoms. The van der Waals surface area contributed by atoms with Crippen molar-refractivity contribution in [2.24, 2.45) is 0 Å². The van der Waals surface area contributed by atoms with Crippen molar-refractivity contribution >= 4 is 22.4 Å². The number of carbonyl (C=O) groups is 1. The minimum atomic E-state index is -4.85. The molecule has 1 heterocycles.